The minimum Gasteiger partial charge on any atom is -0.456 e. The molecule has 0 saturated heterocycles. The number of hydrogen-bond donors (Lipinski definition) is 0. The van der Waals surface area contributed by atoms with Crippen LogP contribution in [0.5, 0.6) is 0 Å². The summed E-state index contributed by atoms with van der Waals surface area (Å²) < 4.78 is 19.4. The third-order valence-electron chi connectivity index (χ3n) is 9.82. The van der Waals surface area contributed by atoms with E-state index in [2.05, 4.69) is 136 Å². The molecule has 10 rings (SSSR count). The third kappa shape index (κ3) is 3.86. The first-order valence-electron chi connectivity index (χ1n) is 16.2. The number of fused-ring (bicyclic) bond motifs is 9. The van der Waals surface area contributed by atoms with Crippen LogP contribution in [0.15, 0.2) is 141 Å². The van der Waals surface area contributed by atoms with Crippen molar-refractivity contribution in [3.8, 4) is 22.5 Å². The van der Waals surface area contributed by atoms with Crippen molar-refractivity contribution in [3.63, 3.8) is 0 Å². The first kappa shape index (κ1) is 26.4. The van der Waals surface area contributed by atoms with E-state index in [9.17, 15) is 0 Å². The molecule has 224 valence electrons. The molecule has 0 unspecified atom stereocenters. The van der Waals surface area contributed by atoms with Crippen molar-refractivity contribution >= 4 is 76.4 Å². The minimum absolute atomic E-state index is 0.0518. The molecule has 0 aliphatic heterocycles. The summed E-state index contributed by atoms with van der Waals surface area (Å²) >= 11 is 0. The molecule has 0 radical (unpaired) electrons. The predicted molar refractivity (Wildman–Crippen MR) is 195 cm³/mol. The molecule has 0 aliphatic carbocycles. The van der Waals surface area contributed by atoms with Gasteiger partial charge in [0.2, 0.25) is 0 Å². The summed E-state index contributed by atoms with van der Waals surface area (Å²) in [5.41, 5.74) is 9.15. The lowest BCUT2D eigenvalue weighted by molar-refractivity contribution is 0.590. The highest BCUT2D eigenvalue weighted by Crippen LogP contribution is 2.46. The Labute approximate surface area is 270 Å². The number of para-hydroxylation sites is 1. The Morgan fingerprint density at radius 3 is 1.64 bits per heavy atom. The SMILES string of the molecule is CC(C)(C)c1ccc2oc3cc4c(cc3c2c1)oc1cc(-c2c3ccccc3c(-c3cc5ccccc5o3)c3ccccc23)ccc14. The van der Waals surface area contributed by atoms with Gasteiger partial charge < -0.3 is 13.3 Å². The van der Waals surface area contributed by atoms with Gasteiger partial charge in [0.15, 0.2) is 0 Å². The van der Waals surface area contributed by atoms with Gasteiger partial charge in [-0.3, -0.25) is 0 Å². The van der Waals surface area contributed by atoms with E-state index in [4.69, 9.17) is 13.3 Å². The van der Waals surface area contributed by atoms with Gasteiger partial charge in [0, 0.05) is 32.5 Å². The molecule has 3 aromatic heterocycles. The van der Waals surface area contributed by atoms with Crippen LogP contribution in [0.25, 0.3) is 98.8 Å². The lowest BCUT2D eigenvalue weighted by atomic mass is 9.86. The molecule has 0 aliphatic rings. The van der Waals surface area contributed by atoms with E-state index in [1.807, 2.05) is 12.1 Å². The topological polar surface area (TPSA) is 39.4 Å². The summed E-state index contributed by atoms with van der Waals surface area (Å²) in [4.78, 5) is 0. The first-order chi connectivity index (χ1) is 22.9. The van der Waals surface area contributed by atoms with Gasteiger partial charge in [-0.2, -0.15) is 0 Å². The van der Waals surface area contributed by atoms with Crippen molar-refractivity contribution in [2.45, 2.75) is 26.2 Å². The average Bonchev–Trinajstić information content (AvgIpc) is 3.77. The zero-order valence-corrected chi connectivity index (χ0v) is 26.3. The van der Waals surface area contributed by atoms with Gasteiger partial charge in [-0.25, -0.2) is 0 Å². The lowest BCUT2D eigenvalue weighted by Gasteiger charge is -2.18. The summed E-state index contributed by atoms with van der Waals surface area (Å²) in [5.74, 6) is 0.879. The summed E-state index contributed by atoms with van der Waals surface area (Å²) in [7, 11) is 0. The maximum atomic E-state index is 6.63. The molecule has 3 heterocycles. The normalized spacial score (nSPS) is 12.6. The fraction of sp³-hybridized carbons (Fsp3) is 0.0909. The van der Waals surface area contributed by atoms with Crippen LogP contribution in [0, 0.1) is 0 Å². The summed E-state index contributed by atoms with van der Waals surface area (Å²) in [5, 5.41) is 10.1. The van der Waals surface area contributed by atoms with E-state index in [0.717, 1.165) is 82.5 Å². The van der Waals surface area contributed by atoms with E-state index in [1.54, 1.807) is 0 Å². The third-order valence-corrected chi connectivity index (χ3v) is 9.82. The van der Waals surface area contributed by atoms with Crippen LogP contribution in [-0.4, -0.2) is 0 Å². The Morgan fingerprint density at radius 1 is 0.383 bits per heavy atom. The number of furan rings is 3. The fourth-order valence-corrected chi connectivity index (χ4v) is 7.48. The highest BCUT2D eigenvalue weighted by atomic mass is 16.3. The molecule has 3 heteroatoms. The molecule has 0 spiro atoms. The van der Waals surface area contributed by atoms with Crippen LogP contribution in [0.3, 0.4) is 0 Å². The molecule has 0 fully saturated rings. The van der Waals surface area contributed by atoms with Crippen LogP contribution < -0.4 is 0 Å². The van der Waals surface area contributed by atoms with E-state index < -0.39 is 0 Å². The van der Waals surface area contributed by atoms with Crippen molar-refractivity contribution in [1.82, 2.24) is 0 Å². The summed E-state index contributed by atoms with van der Waals surface area (Å²) in [6, 6.07) is 45.1. The average molecular weight is 607 g/mol. The molecule has 10 aromatic rings. The molecule has 0 bridgehead atoms. The van der Waals surface area contributed by atoms with Crippen LogP contribution in [0.4, 0.5) is 0 Å². The molecule has 47 heavy (non-hydrogen) atoms. The smallest absolute Gasteiger partial charge is 0.136 e. The second-order valence-corrected chi connectivity index (χ2v) is 13.7. The Bertz CT molecular complexity index is 2800. The van der Waals surface area contributed by atoms with Crippen molar-refractivity contribution < 1.29 is 13.3 Å². The van der Waals surface area contributed by atoms with E-state index >= 15 is 0 Å². The standard InChI is InChI=1S/C44H30O3/c1-44(2,3)27-17-19-37-33(22-27)35-24-39-34(23-40(35)46-37)28-18-16-26(21-38(28)47-39)42-29-11-5-7-13-31(29)43(32-14-8-6-12-30(32)42)41-20-25-10-4-9-15-36(25)45-41/h4-24H,1-3H3. The van der Waals surface area contributed by atoms with Gasteiger partial charge in [-0.1, -0.05) is 99.6 Å². The highest BCUT2D eigenvalue weighted by Gasteiger charge is 2.21. The zero-order valence-electron chi connectivity index (χ0n) is 26.3. The second-order valence-electron chi connectivity index (χ2n) is 13.7. The van der Waals surface area contributed by atoms with E-state index in [1.165, 1.54) is 21.9 Å². The summed E-state index contributed by atoms with van der Waals surface area (Å²) in [6.45, 7) is 6.72. The van der Waals surface area contributed by atoms with Crippen LogP contribution >= 0.6 is 0 Å². The number of benzene rings is 7. The molecule has 0 N–H and O–H groups in total. The quantitative estimate of drug-likeness (QED) is 0.184. The molecule has 0 atom stereocenters. The van der Waals surface area contributed by atoms with Gasteiger partial charge in [0.25, 0.3) is 0 Å². The lowest BCUT2D eigenvalue weighted by Crippen LogP contribution is -2.10. The van der Waals surface area contributed by atoms with Gasteiger partial charge in [-0.15, -0.1) is 0 Å². The predicted octanol–water partition coefficient (Wildman–Crippen LogP) is 13.2. The van der Waals surface area contributed by atoms with E-state index in [0.29, 0.717) is 0 Å². The zero-order chi connectivity index (χ0) is 31.4. The van der Waals surface area contributed by atoms with Gasteiger partial charge in [0.1, 0.15) is 33.7 Å². The van der Waals surface area contributed by atoms with Crippen molar-refractivity contribution in [1.29, 1.82) is 0 Å². The molecule has 0 amide bonds. The monoisotopic (exact) mass is 606 g/mol. The molecular formula is C44H30O3. The largest absolute Gasteiger partial charge is 0.456 e. The van der Waals surface area contributed by atoms with Gasteiger partial charge in [0.05, 0.1) is 0 Å². The van der Waals surface area contributed by atoms with Crippen molar-refractivity contribution in [2.24, 2.45) is 0 Å². The van der Waals surface area contributed by atoms with Crippen molar-refractivity contribution in [2.75, 3.05) is 0 Å². The number of rotatable bonds is 2. The minimum atomic E-state index is 0.0518. The maximum Gasteiger partial charge on any atom is 0.136 e. The maximum absolute atomic E-state index is 6.63. The van der Waals surface area contributed by atoms with Crippen molar-refractivity contribution in [3.05, 3.63) is 133 Å². The molecule has 3 nitrogen and oxygen atoms in total. The molecular weight excluding hydrogens is 576 g/mol. The first-order valence-corrected chi connectivity index (χ1v) is 16.2. The highest BCUT2D eigenvalue weighted by molar-refractivity contribution is 6.22. The molecule has 0 saturated carbocycles. The van der Waals surface area contributed by atoms with E-state index in [-0.39, 0.29) is 5.41 Å². The van der Waals surface area contributed by atoms with Crippen LogP contribution in [0.2, 0.25) is 0 Å². The van der Waals surface area contributed by atoms with Gasteiger partial charge in [-0.05, 0) is 92.2 Å². The van der Waals surface area contributed by atoms with Gasteiger partial charge >= 0.3 is 0 Å². The second kappa shape index (κ2) is 9.37. The fourth-order valence-electron chi connectivity index (χ4n) is 7.48. The molecule has 7 aromatic carbocycles. The Hall–Kier alpha value is -5.80. The Kier molecular flexibility index (Phi) is 5.27. The summed E-state index contributed by atoms with van der Waals surface area (Å²) in [6.07, 6.45) is 0. The Balaban J connectivity index is 1.20. The van der Waals surface area contributed by atoms with Crippen LogP contribution in [-0.2, 0) is 5.41 Å². The number of hydrogen-bond acceptors (Lipinski definition) is 3. The Morgan fingerprint density at radius 2 is 0.957 bits per heavy atom. The van der Waals surface area contributed by atoms with Crippen LogP contribution in [0.1, 0.15) is 26.3 Å².